The van der Waals surface area contributed by atoms with Crippen molar-refractivity contribution in [2.45, 2.75) is 33.3 Å². The van der Waals surface area contributed by atoms with E-state index in [1.807, 2.05) is 52.0 Å². The number of carbonyl (C=O) groups is 1. The van der Waals surface area contributed by atoms with Crippen LogP contribution in [0.4, 0.5) is 22.0 Å². The highest BCUT2D eigenvalue weighted by atomic mass is 79.9. The number of hydrogen-bond acceptors (Lipinski definition) is 4. The van der Waals surface area contributed by atoms with E-state index in [-0.39, 0.29) is 0 Å². The lowest BCUT2D eigenvalue weighted by Gasteiger charge is -2.19. The van der Waals surface area contributed by atoms with Crippen LogP contribution in [0.1, 0.15) is 26.3 Å². The molecule has 1 aromatic carbocycles. The van der Waals surface area contributed by atoms with Crippen molar-refractivity contribution in [2.75, 3.05) is 10.6 Å². The summed E-state index contributed by atoms with van der Waals surface area (Å²) in [5.41, 5.74) is 2.42. The van der Waals surface area contributed by atoms with Crippen molar-refractivity contribution in [3.63, 3.8) is 0 Å². The zero-order chi connectivity index (χ0) is 17.0. The molecule has 1 heterocycles. The molecule has 0 saturated heterocycles. The summed E-state index contributed by atoms with van der Waals surface area (Å²) in [6, 6.07) is 9.57. The first kappa shape index (κ1) is 17.3. The van der Waals surface area contributed by atoms with E-state index < -0.39 is 11.7 Å². The van der Waals surface area contributed by atoms with Crippen LogP contribution in [0, 0.1) is 6.92 Å². The Hall–Kier alpha value is -2.08. The Bertz CT molecular complexity index is 694. The average Bonchev–Trinajstić information content (AvgIpc) is 2.43. The van der Waals surface area contributed by atoms with Crippen molar-refractivity contribution < 1.29 is 9.53 Å². The monoisotopic (exact) mass is 377 g/mol. The first-order valence-electron chi connectivity index (χ1n) is 7.22. The van der Waals surface area contributed by atoms with Crippen LogP contribution in [0.3, 0.4) is 0 Å². The summed E-state index contributed by atoms with van der Waals surface area (Å²) >= 11 is 3.48. The van der Waals surface area contributed by atoms with E-state index in [0.29, 0.717) is 5.82 Å². The molecule has 0 atom stereocenters. The van der Waals surface area contributed by atoms with Crippen molar-refractivity contribution in [2.24, 2.45) is 0 Å². The Labute approximate surface area is 144 Å². The highest BCUT2D eigenvalue weighted by Crippen LogP contribution is 2.23. The predicted octanol–water partition coefficient (Wildman–Crippen LogP) is 5.24. The molecule has 0 saturated carbocycles. The fourth-order valence-electron chi connectivity index (χ4n) is 1.84. The van der Waals surface area contributed by atoms with Crippen molar-refractivity contribution in [3.05, 3.63) is 46.6 Å². The molecule has 0 aliphatic heterocycles. The minimum Gasteiger partial charge on any atom is -0.444 e. The molecule has 0 radical (unpaired) electrons. The third-order valence-electron chi connectivity index (χ3n) is 2.84. The van der Waals surface area contributed by atoms with Crippen molar-refractivity contribution >= 4 is 39.2 Å². The fourth-order valence-corrected chi connectivity index (χ4v) is 2.09. The number of benzene rings is 1. The minimum absolute atomic E-state index is 0.441. The highest BCUT2D eigenvalue weighted by Gasteiger charge is 2.16. The van der Waals surface area contributed by atoms with E-state index in [4.69, 9.17) is 4.74 Å². The van der Waals surface area contributed by atoms with E-state index in [2.05, 4.69) is 31.5 Å². The van der Waals surface area contributed by atoms with Gasteiger partial charge in [0.25, 0.3) is 0 Å². The lowest BCUT2D eigenvalue weighted by Crippen LogP contribution is -2.27. The number of rotatable bonds is 3. The van der Waals surface area contributed by atoms with Gasteiger partial charge in [0.05, 0.1) is 11.9 Å². The van der Waals surface area contributed by atoms with Gasteiger partial charge in [-0.15, -0.1) is 0 Å². The Morgan fingerprint density at radius 3 is 2.43 bits per heavy atom. The van der Waals surface area contributed by atoms with Crippen molar-refractivity contribution in [1.29, 1.82) is 0 Å². The number of carbonyl (C=O) groups excluding carboxylic acids is 1. The van der Waals surface area contributed by atoms with Gasteiger partial charge in [0.1, 0.15) is 11.4 Å². The maximum atomic E-state index is 11.7. The fraction of sp³-hybridized carbons (Fsp3) is 0.294. The molecule has 1 aromatic heterocycles. The van der Waals surface area contributed by atoms with E-state index in [1.165, 1.54) is 0 Å². The quantitative estimate of drug-likeness (QED) is 0.767. The predicted molar refractivity (Wildman–Crippen MR) is 96.3 cm³/mol. The normalized spacial score (nSPS) is 11.0. The smallest absolute Gasteiger partial charge is 0.413 e. The Kier molecular flexibility index (Phi) is 5.26. The molecular formula is C17H20BrN3O2. The maximum absolute atomic E-state index is 11.7. The van der Waals surface area contributed by atoms with E-state index in [9.17, 15) is 4.79 Å². The lowest BCUT2D eigenvalue weighted by molar-refractivity contribution is 0.0635. The maximum Gasteiger partial charge on any atom is 0.413 e. The van der Waals surface area contributed by atoms with E-state index in [1.54, 1.807) is 12.3 Å². The first-order valence-corrected chi connectivity index (χ1v) is 8.01. The van der Waals surface area contributed by atoms with Gasteiger partial charge in [0.2, 0.25) is 0 Å². The van der Waals surface area contributed by atoms with Crippen LogP contribution in [0.15, 0.2) is 41.0 Å². The van der Waals surface area contributed by atoms with Gasteiger partial charge >= 0.3 is 6.09 Å². The molecule has 1 amide bonds. The first-order chi connectivity index (χ1) is 10.7. The molecule has 23 heavy (non-hydrogen) atoms. The van der Waals surface area contributed by atoms with Gasteiger partial charge in [0.15, 0.2) is 0 Å². The summed E-state index contributed by atoms with van der Waals surface area (Å²) in [6.07, 6.45) is 1.14. The second kappa shape index (κ2) is 7.00. The molecule has 2 rings (SSSR count). The van der Waals surface area contributed by atoms with Crippen LogP contribution < -0.4 is 10.6 Å². The summed E-state index contributed by atoms with van der Waals surface area (Å²) in [4.78, 5) is 15.9. The number of halogens is 1. The van der Waals surface area contributed by atoms with Crippen molar-refractivity contribution in [1.82, 2.24) is 4.98 Å². The Morgan fingerprint density at radius 2 is 1.87 bits per heavy atom. The SMILES string of the molecule is Cc1cc(Nc2ccc(NC(=O)OC(C)(C)C)nc2)ccc1Br. The zero-order valence-electron chi connectivity index (χ0n) is 13.6. The van der Waals surface area contributed by atoms with E-state index >= 15 is 0 Å². The second-order valence-electron chi connectivity index (χ2n) is 6.15. The third-order valence-corrected chi connectivity index (χ3v) is 3.73. The van der Waals surface area contributed by atoms with Gasteiger partial charge in [-0.2, -0.15) is 0 Å². The molecule has 0 aliphatic rings. The molecule has 2 aromatic rings. The molecule has 122 valence electrons. The number of pyridine rings is 1. The summed E-state index contributed by atoms with van der Waals surface area (Å²) in [6.45, 7) is 7.47. The molecule has 6 heteroatoms. The lowest BCUT2D eigenvalue weighted by atomic mass is 10.2. The second-order valence-corrected chi connectivity index (χ2v) is 7.00. The van der Waals surface area contributed by atoms with Crippen LogP contribution in [0.2, 0.25) is 0 Å². The largest absolute Gasteiger partial charge is 0.444 e. The molecule has 0 fully saturated rings. The topological polar surface area (TPSA) is 63.2 Å². The number of amides is 1. The van der Waals surface area contributed by atoms with Gasteiger partial charge < -0.3 is 10.1 Å². The van der Waals surface area contributed by atoms with Crippen molar-refractivity contribution in [3.8, 4) is 0 Å². The van der Waals surface area contributed by atoms with Crippen LogP contribution in [-0.4, -0.2) is 16.7 Å². The summed E-state index contributed by atoms with van der Waals surface area (Å²) in [5.74, 6) is 0.441. The van der Waals surface area contributed by atoms with E-state index in [0.717, 1.165) is 21.4 Å². The van der Waals surface area contributed by atoms with Crippen LogP contribution in [0.25, 0.3) is 0 Å². The molecular weight excluding hydrogens is 358 g/mol. The summed E-state index contributed by atoms with van der Waals surface area (Å²) in [7, 11) is 0. The van der Waals surface area contributed by atoms with Gasteiger partial charge in [-0.3, -0.25) is 5.32 Å². The van der Waals surface area contributed by atoms with Gasteiger partial charge in [0, 0.05) is 10.2 Å². The number of ether oxygens (including phenoxy) is 1. The van der Waals surface area contributed by atoms with Gasteiger partial charge in [-0.25, -0.2) is 9.78 Å². The average molecular weight is 378 g/mol. The Morgan fingerprint density at radius 1 is 1.17 bits per heavy atom. The summed E-state index contributed by atoms with van der Waals surface area (Å²) in [5, 5.41) is 5.86. The Balaban J connectivity index is 1.99. The van der Waals surface area contributed by atoms with Gasteiger partial charge in [-0.1, -0.05) is 15.9 Å². The number of aromatic nitrogens is 1. The number of hydrogen-bond donors (Lipinski definition) is 2. The van der Waals surface area contributed by atoms with Gasteiger partial charge in [-0.05, 0) is 63.6 Å². The molecule has 5 nitrogen and oxygen atoms in total. The van der Waals surface area contributed by atoms with Crippen LogP contribution in [-0.2, 0) is 4.74 Å². The van der Waals surface area contributed by atoms with Crippen LogP contribution >= 0.6 is 15.9 Å². The molecule has 0 aliphatic carbocycles. The number of nitrogens with one attached hydrogen (secondary N) is 2. The number of nitrogens with zero attached hydrogens (tertiary/aromatic N) is 1. The highest BCUT2D eigenvalue weighted by molar-refractivity contribution is 9.10. The van der Waals surface area contributed by atoms with Crippen LogP contribution in [0.5, 0.6) is 0 Å². The zero-order valence-corrected chi connectivity index (χ0v) is 15.2. The molecule has 0 spiro atoms. The number of aryl methyl sites for hydroxylation is 1. The third kappa shape index (κ3) is 5.56. The molecule has 2 N–H and O–H groups in total. The molecule has 0 bridgehead atoms. The summed E-state index contributed by atoms with van der Waals surface area (Å²) < 4.78 is 6.25. The number of anilines is 3. The standard InChI is InChI=1S/C17H20BrN3O2/c1-11-9-12(5-7-14(11)18)20-13-6-8-15(19-10-13)21-16(22)23-17(2,3)4/h5-10,20H,1-4H3,(H,19,21,22). The minimum atomic E-state index is -0.537. The molecule has 0 unspecified atom stereocenters.